The Bertz CT molecular complexity index is 1350. The predicted octanol–water partition coefficient (Wildman–Crippen LogP) is 5.64. The van der Waals surface area contributed by atoms with Crippen molar-refractivity contribution in [2.45, 2.75) is 12.6 Å². The zero-order chi connectivity index (χ0) is 24.4. The van der Waals surface area contributed by atoms with E-state index in [4.69, 9.17) is 14.2 Å². The normalized spacial score (nSPS) is 14.4. The van der Waals surface area contributed by atoms with Crippen molar-refractivity contribution >= 4 is 11.7 Å². The third kappa shape index (κ3) is 4.17. The lowest BCUT2D eigenvalue weighted by Crippen LogP contribution is -2.38. The fourth-order valence-electron chi connectivity index (χ4n) is 4.58. The van der Waals surface area contributed by atoms with Crippen molar-refractivity contribution in [2.75, 3.05) is 26.6 Å². The quantitative estimate of drug-likeness (QED) is 0.411. The third-order valence-corrected chi connectivity index (χ3v) is 6.30. The zero-order valence-electron chi connectivity index (χ0n) is 19.9. The molecule has 35 heavy (non-hydrogen) atoms. The maximum Gasteiger partial charge on any atom is 0.323 e. The van der Waals surface area contributed by atoms with Crippen LogP contribution >= 0.6 is 0 Å². The van der Waals surface area contributed by atoms with Gasteiger partial charge in [-0.2, -0.15) is 0 Å². The van der Waals surface area contributed by atoms with Gasteiger partial charge in [0, 0.05) is 18.0 Å². The number of fused-ring (bicyclic) bond motifs is 3. The highest BCUT2D eigenvalue weighted by Crippen LogP contribution is 2.38. The highest BCUT2D eigenvalue weighted by Gasteiger charge is 2.33. The molecule has 1 aliphatic rings. The van der Waals surface area contributed by atoms with Crippen LogP contribution in [0.5, 0.6) is 17.2 Å². The molecule has 0 bridgehead atoms. The summed E-state index contributed by atoms with van der Waals surface area (Å²) in [6.45, 7) is 0.423. The van der Waals surface area contributed by atoms with Gasteiger partial charge >= 0.3 is 6.03 Å². The summed E-state index contributed by atoms with van der Waals surface area (Å²) in [5.41, 5.74) is 4.62. The van der Waals surface area contributed by atoms with Gasteiger partial charge < -0.3 is 29.0 Å². The van der Waals surface area contributed by atoms with Gasteiger partial charge in [0.15, 0.2) is 0 Å². The molecule has 0 spiro atoms. The molecule has 7 heteroatoms. The van der Waals surface area contributed by atoms with Gasteiger partial charge in [0.1, 0.15) is 17.2 Å². The van der Waals surface area contributed by atoms with E-state index in [1.165, 1.54) is 0 Å². The lowest BCUT2D eigenvalue weighted by atomic mass is 10.0. The summed E-state index contributed by atoms with van der Waals surface area (Å²) in [5.74, 6) is 1.94. The number of amides is 2. The molecule has 5 rings (SSSR count). The lowest BCUT2D eigenvalue weighted by Gasteiger charge is -2.31. The van der Waals surface area contributed by atoms with Crippen LogP contribution in [-0.4, -0.2) is 36.8 Å². The summed E-state index contributed by atoms with van der Waals surface area (Å²) in [6, 6.07) is 24.8. The molecule has 0 saturated carbocycles. The average molecular weight is 470 g/mol. The summed E-state index contributed by atoms with van der Waals surface area (Å²) in [5, 5.41) is 3.06. The van der Waals surface area contributed by atoms with E-state index in [1.54, 1.807) is 39.5 Å². The molecule has 1 N–H and O–H groups in total. The first-order valence-corrected chi connectivity index (χ1v) is 11.3. The van der Waals surface area contributed by atoms with Crippen molar-refractivity contribution in [3.05, 3.63) is 102 Å². The minimum atomic E-state index is -0.333. The number of rotatable bonds is 5. The standard InChI is InChI=1S/C28H27N3O4/c1-33-21-12-10-19(11-13-21)27-25-9-6-16-30(25)24-8-5-4-7-20(24)18-31(27)28(32)29-23-17-22(34-2)14-15-26(23)35-3/h4-17,27H,18H2,1-3H3,(H,29,32)/t27-/m1/s1. The number of hydrogen-bond acceptors (Lipinski definition) is 4. The first-order chi connectivity index (χ1) is 17.1. The Morgan fingerprint density at radius 2 is 1.60 bits per heavy atom. The van der Waals surface area contributed by atoms with E-state index in [1.807, 2.05) is 53.6 Å². The molecule has 3 aromatic carbocycles. The number of methoxy groups -OCH3 is 3. The van der Waals surface area contributed by atoms with Crippen LogP contribution in [-0.2, 0) is 6.54 Å². The lowest BCUT2D eigenvalue weighted by molar-refractivity contribution is 0.194. The zero-order valence-corrected chi connectivity index (χ0v) is 19.9. The largest absolute Gasteiger partial charge is 0.497 e. The topological polar surface area (TPSA) is 65.0 Å². The van der Waals surface area contributed by atoms with Gasteiger partial charge in [0.25, 0.3) is 0 Å². The SMILES string of the molecule is COc1ccc([C@@H]2c3cccn3-c3ccccc3CN2C(=O)Nc2cc(OC)ccc2OC)cc1. The smallest absolute Gasteiger partial charge is 0.323 e. The van der Waals surface area contributed by atoms with Gasteiger partial charge in [-0.25, -0.2) is 4.79 Å². The Hall–Kier alpha value is -4.39. The summed E-state index contributed by atoms with van der Waals surface area (Å²) in [4.78, 5) is 15.8. The minimum Gasteiger partial charge on any atom is -0.497 e. The highest BCUT2D eigenvalue weighted by atomic mass is 16.5. The number of hydrogen-bond donors (Lipinski definition) is 1. The molecule has 2 heterocycles. The van der Waals surface area contributed by atoms with Crippen LogP contribution in [0, 0.1) is 0 Å². The van der Waals surface area contributed by atoms with Gasteiger partial charge in [-0.1, -0.05) is 30.3 Å². The predicted molar refractivity (Wildman–Crippen MR) is 135 cm³/mol. The summed E-state index contributed by atoms with van der Waals surface area (Å²) >= 11 is 0. The van der Waals surface area contributed by atoms with Gasteiger partial charge in [0.05, 0.1) is 45.3 Å². The molecule has 0 saturated heterocycles. The molecule has 0 fully saturated rings. The summed E-state index contributed by atoms with van der Waals surface area (Å²) in [7, 11) is 4.81. The monoisotopic (exact) mass is 469 g/mol. The molecule has 0 aliphatic carbocycles. The number of nitrogens with zero attached hydrogens (tertiary/aromatic N) is 2. The number of carbonyl (C=O) groups excluding carboxylic acids is 1. The molecule has 4 aromatic rings. The average Bonchev–Trinajstić information content (AvgIpc) is 3.33. The molecular weight excluding hydrogens is 442 g/mol. The van der Waals surface area contributed by atoms with Gasteiger partial charge in [-0.3, -0.25) is 0 Å². The molecule has 0 radical (unpaired) electrons. The summed E-state index contributed by atoms with van der Waals surface area (Å²) < 4.78 is 18.4. The number of urea groups is 1. The molecular formula is C28H27N3O4. The van der Waals surface area contributed by atoms with Gasteiger partial charge in [0.2, 0.25) is 0 Å². The number of carbonyl (C=O) groups is 1. The van der Waals surface area contributed by atoms with Crippen LogP contribution in [0.4, 0.5) is 10.5 Å². The third-order valence-electron chi connectivity index (χ3n) is 6.30. The van der Waals surface area contributed by atoms with Crippen LogP contribution in [0.2, 0.25) is 0 Å². The van der Waals surface area contributed by atoms with E-state index in [0.29, 0.717) is 23.7 Å². The number of benzene rings is 3. The molecule has 1 atom stereocenters. The summed E-state index contributed by atoms with van der Waals surface area (Å²) in [6.07, 6.45) is 2.04. The second-order valence-electron chi connectivity index (χ2n) is 8.23. The molecule has 1 aromatic heterocycles. The number of para-hydroxylation sites is 1. The van der Waals surface area contributed by atoms with Crippen molar-refractivity contribution in [3.8, 4) is 22.9 Å². The van der Waals surface area contributed by atoms with Crippen molar-refractivity contribution in [3.63, 3.8) is 0 Å². The molecule has 1 aliphatic heterocycles. The van der Waals surface area contributed by atoms with E-state index in [2.05, 4.69) is 28.1 Å². The van der Waals surface area contributed by atoms with Crippen molar-refractivity contribution < 1.29 is 19.0 Å². The second kappa shape index (κ2) is 9.46. The van der Waals surface area contributed by atoms with E-state index in [9.17, 15) is 4.79 Å². The van der Waals surface area contributed by atoms with Crippen LogP contribution < -0.4 is 19.5 Å². The highest BCUT2D eigenvalue weighted by molar-refractivity contribution is 5.92. The fourth-order valence-corrected chi connectivity index (χ4v) is 4.58. The van der Waals surface area contributed by atoms with Crippen LogP contribution in [0.3, 0.4) is 0 Å². The molecule has 2 amide bonds. The Morgan fingerprint density at radius 1 is 0.857 bits per heavy atom. The number of ether oxygens (including phenoxy) is 3. The van der Waals surface area contributed by atoms with E-state index >= 15 is 0 Å². The van der Waals surface area contributed by atoms with Crippen molar-refractivity contribution in [2.24, 2.45) is 0 Å². The first kappa shape index (κ1) is 22.4. The first-order valence-electron chi connectivity index (χ1n) is 11.3. The fraction of sp³-hybridized carbons (Fsp3) is 0.179. The number of nitrogens with one attached hydrogen (secondary N) is 1. The molecule has 178 valence electrons. The van der Waals surface area contributed by atoms with Crippen molar-refractivity contribution in [1.82, 2.24) is 9.47 Å². The van der Waals surface area contributed by atoms with Crippen LogP contribution in [0.15, 0.2) is 85.1 Å². The van der Waals surface area contributed by atoms with Gasteiger partial charge in [-0.05, 0) is 53.6 Å². The minimum absolute atomic E-state index is 0.248. The molecule has 0 unspecified atom stereocenters. The van der Waals surface area contributed by atoms with E-state index < -0.39 is 0 Å². The Balaban J connectivity index is 1.61. The van der Waals surface area contributed by atoms with Crippen LogP contribution in [0.1, 0.15) is 22.9 Å². The maximum atomic E-state index is 13.9. The Morgan fingerprint density at radius 3 is 2.34 bits per heavy atom. The van der Waals surface area contributed by atoms with Gasteiger partial charge in [-0.15, -0.1) is 0 Å². The second-order valence-corrected chi connectivity index (χ2v) is 8.23. The Labute approximate surface area is 204 Å². The Kier molecular flexibility index (Phi) is 6.06. The number of anilines is 1. The van der Waals surface area contributed by atoms with Crippen molar-refractivity contribution in [1.29, 1.82) is 0 Å². The van der Waals surface area contributed by atoms with Crippen LogP contribution in [0.25, 0.3) is 5.69 Å². The number of aromatic nitrogens is 1. The van der Waals surface area contributed by atoms with E-state index in [0.717, 1.165) is 28.3 Å². The van der Waals surface area contributed by atoms with E-state index in [-0.39, 0.29) is 12.1 Å². The maximum absolute atomic E-state index is 13.9. The molecule has 7 nitrogen and oxygen atoms in total.